The van der Waals surface area contributed by atoms with Gasteiger partial charge in [-0.2, -0.15) is 0 Å². The number of rotatable bonds is 5. The van der Waals surface area contributed by atoms with Gasteiger partial charge < -0.3 is 15.2 Å². The second-order valence-corrected chi connectivity index (χ2v) is 5.37. The Morgan fingerprint density at radius 1 is 1.45 bits per heavy atom. The number of nitrogens with one attached hydrogen (secondary N) is 1. The largest absolute Gasteiger partial charge is 0.478 e. The van der Waals surface area contributed by atoms with Crippen LogP contribution in [-0.2, 0) is 9.53 Å². The minimum absolute atomic E-state index is 0.0328. The number of amides is 1. The van der Waals surface area contributed by atoms with Crippen molar-refractivity contribution in [2.24, 2.45) is 0 Å². The van der Waals surface area contributed by atoms with Crippen LogP contribution in [0.2, 0.25) is 5.02 Å². The van der Waals surface area contributed by atoms with Gasteiger partial charge in [-0.15, -0.1) is 0 Å². The molecule has 0 bridgehead atoms. The highest BCUT2D eigenvalue weighted by molar-refractivity contribution is 6.33. The Hall–Kier alpha value is -1.59. The first-order valence-corrected chi connectivity index (χ1v) is 6.71. The zero-order chi connectivity index (χ0) is 14.8. The van der Waals surface area contributed by atoms with Crippen molar-refractivity contribution < 1.29 is 19.4 Å². The maximum atomic E-state index is 12.0. The second kappa shape index (κ2) is 5.81. The molecule has 1 aliphatic carbocycles. The summed E-state index contributed by atoms with van der Waals surface area (Å²) >= 11 is 5.77. The average molecular weight is 298 g/mol. The van der Waals surface area contributed by atoms with Gasteiger partial charge in [-0.1, -0.05) is 11.6 Å². The van der Waals surface area contributed by atoms with Gasteiger partial charge in [-0.05, 0) is 37.5 Å². The lowest BCUT2D eigenvalue weighted by Gasteiger charge is -2.39. The lowest BCUT2D eigenvalue weighted by molar-refractivity contribution is -0.129. The molecule has 0 radical (unpaired) electrons. The minimum Gasteiger partial charge on any atom is -0.478 e. The summed E-state index contributed by atoms with van der Waals surface area (Å²) in [7, 11) is 1.61. The summed E-state index contributed by atoms with van der Waals surface area (Å²) in [5, 5.41) is 11.8. The fourth-order valence-corrected chi connectivity index (χ4v) is 2.49. The molecule has 0 unspecified atom stereocenters. The number of aromatic carboxylic acids is 1. The smallest absolute Gasteiger partial charge is 0.337 e. The predicted molar refractivity (Wildman–Crippen MR) is 75.2 cm³/mol. The van der Waals surface area contributed by atoms with Gasteiger partial charge in [-0.3, -0.25) is 4.79 Å². The minimum atomic E-state index is -1.13. The van der Waals surface area contributed by atoms with Crippen molar-refractivity contribution in [3.05, 3.63) is 28.8 Å². The molecule has 0 heterocycles. The number of anilines is 1. The second-order valence-electron chi connectivity index (χ2n) is 4.97. The molecule has 5 nitrogen and oxygen atoms in total. The van der Waals surface area contributed by atoms with Crippen molar-refractivity contribution in [3.8, 4) is 0 Å². The standard InChI is InChI=1S/C14H16ClNO4/c1-20-14(5-2-6-14)8-12(17)16-9-3-4-11(15)10(7-9)13(18)19/h3-4,7H,2,5-6,8H2,1H3,(H,16,17)(H,18,19). The molecule has 108 valence electrons. The highest BCUT2D eigenvalue weighted by Crippen LogP contribution is 2.38. The number of benzene rings is 1. The SMILES string of the molecule is COC1(CC(=O)Nc2ccc(Cl)c(C(=O)O)c2)CCC1. The molecule has 0 saturated heterocycles. The Balaban J connectivity index is 2.04. The Labute approximate surface area is 121 Å². The summed E-state index contributed by atoms with van der Waals surface area (Å²) in [5.74, 6) is -1.32. The third-order valence-corrected chi connectivity index (χ3v) is 3.99. The first-order chi connectivity index (χ1) is 9.46. The van der Waals surface area contributed by atoms with E-state index in [1.165, 1.54) is 12.1 Å². The van der Waals surface area contributed by atoms with Crippen LogP contribution in [0, 0.1) is 0 Å². The number of hydrogen-bond donors (Lipinski definition) is 2. The molecule has 1 aromatic carbocycles. The first kappa shape index (κ1) is 14.8. The third kappa shape index (κ3) is 3.11. The van der Waals surface area contributed by atoms with Gasteiger partial charge in [0.25, 0.3) is 0 Å². The first-order valence-electron chi connectivity index (χ1n) is 6.34. The number of carbonyl (C=O) groups excluding carboxylic acids is 1. The van der Waals surface area contributed by atoms with Gasteiger partial charge in [0, 0.05) is 12.8 Å². The number of ether oxygens (including phenoxy) is 1. The molecule has 2 N–H and O–H groups in total. The van der Waals surface area contributed by atoms with Gasteiger partial charge in [0.15, 0.2) is 0 Å². The zero-order valence-electron chi connectivity index (χ0n) is 11.1. The van der Waals surface area contributed by atoms with E-state index in [0.29, 0.717) is 5.69 Å². The molecule has 0 spiro atoms. The molecule has 0 aromatic heterocycles. The zero-order valence-corrected chi connectivity index (χ0v) is 11.9. The van der Waals surface area contributed by atoms with E-state index >= 15 is 0 Å². The highest BCUT2D eigenvalue weighted by atomic mass is 35.5. The van der Waals surface area contributed by atoms with Crippen LogP contribution in [0.1, 0.15) is 36.0 Å². The molecule has 20 heavy (non-hydrogen) atoms. The molecule has 1 saturated carbocycles. The summed E-state index contributed by atoms with van der Waals surface area (Å²) in [6.07, 6.45) is 3.08. The number of methoxy groups -OCH3 is 1. The summed E-state index contributed by atoms with van der Waals surface area (Å²) in [6, 6.07) is 4.38. The number of carboxylic acids is 1. The van der Waals surface area contributed by atoms with E-state index in [-0.39, 0.29) is 28.5 Å². The summed E-state index contributed by atoms with van der Waals surface area (Å²) in [4.78, 5) is 22.9. The number of carbonyl (C=O) groups is 2. The van der Waals surface area contributed by atoms with Crippen LogP contribution in [0.5, 0.6) is 0 Å². The fraction of sp³-hybridized carbons (Fsp3) is 0.429. The summed E-state index contributed by atoms with van der Waals surface area (Å²) in [6.45, 7) is 0. The normalized spacial score (nSPS) is 16.3. The quantitative estimate of drug-likeness (QED) is 0.876. The van der Waals surface area contributed by atoms with Crippen LogP contribution >= 0.6 is 11.6 Å². The molecule has 1 aromatic rings. The van der Waals surface area contributed by atoms with E-state index in [1.807, 2.05) is 0 Å². The molecule has 1 aliphatic rings. The molecule has 6 heteroatoms. The molecule has 1 amide bonds. The van der Waals surface area contributed by atoms with Gasteiger partial charge in [0.05, 0.1) is 22.6 Å². The molecule has 0 aliphatic heterocycles. The monoisotopic (exact) mass is 297 g/mol. The Morgan fingerprint density at radius 3 is 2.65 bits per heavy atom. The van der Waals surface area contributed by atoms with E-state index < -0.39 is 5.97 Å². The van der Waals surface area contributed by atoms with Crippen LogP contribution in [0.4, 0.5) is 5.69 Å². The number of halogens is 1. The molecular formula is C14H16ClNO4. The van der Waals surface area contributed by atoms with Gasteiger partial charge in [0.2, 0.25) is 5.91 Å². The Morgan fingerprint density at radius 2 is 2.15 bits per heavy atom. The average Bonchev–Trinajstić information content (AvgIpc) is 2.36. The maximum absolute atomic E-state index is 12.0. The van der Waals surface area contributed by atoms with E-state index in [9.17, 15) is 9.59 Å². The van der Waals surface area contributed by atoms with E-state index in [0.717, 1.165) is 19.3 Å². The predicted octanol–water partition coefficient (Wildman–Crippen LogP) is 2.94. The molecule has 1 fully saturated rings. The van der Waals surface area contributed by atoms with E-state index in [4.69, 9.17) is 21.4 Å². The van der Waals surface area contributed by atoms with E-state index in [2.05, 4.69) is 5.32 Å². The van der Waals surface area contributed by atoms with Gasteiger partial charge in [-0.25, -0.2) is 4.79 Å². The molecule has 0 atom stereocenters. The topological polar surface area (TPSA) is 75.6 Å². The Bertz CT molecular complexity index is 534. The maximum Gasteiger partial charge on any atom is 0.337 e. The van der Waals surface area contributed by atoms with Crippen LogP contribution in [0.3, 0.4) is 0 Å². The van der Waals surface area contributed by atoms with Crippen LogP contribution < -0.4 is 5.32 Å². The van der Waals surface area contributed by atoms with Crippen molar-refractivity contribution in [2.75, 3.05) is 12.4 Å². The fourth-order valence-electron chi connectivity index (χ4n) is 2.29. The molecule has 2 rings (SSSR count). The van der Waals surface area contributed by atoms with Crippen molar-refractivity contribution in [3.63, 3.8) is 0 Å². The lowest BCUT2D eigenvalue weighted by Crippen LogP contribution is -2.42. The van der Waals surface area contributed by atoms with Crippen molar-refractivity contribution in [1.29, 1.82) is 0 Å². The molecular weight excluding hydrogens is 282 g/mol. The Kier molecular flexibility index (Phi) is 4.30. The summed E-state index contributed by atoms with van der Waals surface area (Å²) in [5.41, 5.74) is 0.0310. The van der Waals surface area contributed by atoms with Crippen molar-refractivity contribution >= 4 is 29.2 Å². The lowest BCUT2D eigenvalue weighted by atomic mass is 9.77. The van der Waals surface area contributed by atoms with Crippen LogP contribution in [0.15, 0.2) is 18.2 Å². The number of hydrogen-bond acceptors (Lipinski definition) is 3. The van der Waals surface area contributed by atoms with Gasteiger partial charge >= 0.3 is 5.97 Å². The van der Waals surface area contributed by atoms with Crippen molar-refractivity contribution in [1.82, 2.24) is 0 Å². The summed E-state index contributed by atoms with van der Waals surface area (Å²) < 4.78 is 5.39. The van der Waals surface area contributed by atoms with Crippen LogP contribution in [0.25, 0.3) is 0 Å². The number of carboxylic acid groups (broad SMARTS) is 1. The van der Waals surface area contributed by atoms with Gasteiger partial charge in [0.1, 0.15) is 0 Å². The third-order valence-electron chi connectivity index (χ3n) is 3.66. The highest BCUT2D eigenvalue weighted by Gasteiger charge is 2.38. The van der Waals surface area contributed by atoms with E-state index in [1.54, 1.807) is 13.2 Å². The van der Waals surface area contributed by atoms with Crippen molar-refractivity contribution in [2.45, 2.75) is 31.3 Å². The van der Waals surface area contributed by atoms with Crippen LogP contribution in [-0.4, -0.2) is 29.7 Å².